The summed E-state index contributed by atoms with van der Waals surface area (Å²) in [7, 11) is -3.02. The fourth-order valence-corrected chi connectivity index (χ4v) is 3.73. The van der Waals surface area contributed by atoms with Gasteiger partial charge in [-0.1, -0.05) is 13.3 Å². The molecule has 1 aromatic rings. The van der Waals surface area contributed by atoms with Crippen LogP contribution >= 0.6 is 0 Å². The summed E-state index contributed by atoms with van der Waals surface area (Å²) in [6.45, 7) is 3.72. The molecule has 0 unspecified atom stereocenters. The first-order chi connectivity index (χ1) is 11.4. The van der Waals surface area contributed by atoms with Gasteiger partial charge in [-0.25, -0.2) is 13.2 Å². The number of nitrogens with zero attached hydrogens (tertiary/aromatic N) is 1. The second-order valence-electron chi connectivity index (χ2n) is 6.17. The van der Waals surface area contributed by atoms with Crippen molar-refractivity contribution in [2.24, 2.45) is 0 Å². The van der Waals surface area contributed by atoms with Crippen molar-refractivity contribution in [2.75, 3.05) is 31.3 Å². The van der Waals surface area contributed by atoms with E-state index in [1.807, 2.05) is 24.3 Å². The first-order valence-electron chi connectivity index (χ1n) is 8.38. The van der Waals surface area contributed by atoms with E-state index < -0.39 is 9.84 Å². The van der Waals surface area contributed by atoms with Crippen molar-refractivity contribution in [2.45, 2.75) is 37.9 Å². The number of ether oxygens (including phenoxy) is 1. The topological polar surface area (TPSA) is 75.7 Å². The Morgan fingerprint density at radius 2 is 1.88 bits per heavy atom. The number of urea groups is 1. The van der Waals surface area contributed by atoms with E-state index in [4.69, 9.17) is 4.74 Å². The van der Waals surface area contributed by atoms with Crippen molar-refractivity contribution in [3.63, 3.8) is 0 Å². The molecular weight excluding hydrogens is 328 g/mol. The van der Waals surface area contributed by atoms with Crippen molar-refractivity contribution in [3.05, 3.63) is 24.3 Å². The Hall–Kier alpha value is -1.76. The van der Waals surface area contributed by atoms with Gasteiger partial charge in [0, 0.05) is 25.0 Å². The van der Waals surface area contributed by atoms with Crippen LogP contribution in [0.3, 0.4) is 0 Å². The Labute approximate surface area is 144 Å². The largest absolute Gasteiger partial charge is 0.494 e. The number of hydrogen-bond donors (Lipinski definition) is 1. The number of carbonyl (C=O) groups excluding carboxylic acids is 1. The van der Waals surface area contributed by atoms with Crippen LogP contribution in [0.2, 0.25) is 0 Å². The number of benzene rings is 1. The molecule has 1 fully saturated rings. The Kier molecular flexibility index (Phi) is 6.48. The average Bonchev–Trinajstić information content (AvgIpc) is 2.56. The van der Waals surface area contributed by atoms with Crippen molar-refractivity contribution in [3.8, 4) is 5.75 Å². The summed E-state index contributed by atoms with van der Waals surface area (Å²) in [5.74, 6) is 0.787. The summed E-state index contributed by atoms with van der Waals surface area (Å²) in [5.41, 5.74) is 0.702. The molecule has 0 spiro atoms. The summed E-state index contributed by atoms with van der Waals surface area (Å²) >= 11 is 0. The molecule has 0 aliphatic carbocycles. The predicted octanol–water partition coefficient (Wildman–Crippen LogP) is 2.91. The summed E-state index contributed by atoms with van der Waals surface area (Å²) in [4.78, 5) is 13.9. The Balaban J connectivity index is 1.82. The van der Waals surface area contributed by atoms with Crippen LogP contribution in [0.5, 0.6) is 5.75 Å². The van der Waals surface area contributed by atoms with Crippen LogP contribution in [0, 0.1) is 0 Å². The van der Waals surface area contributed by atoms with Gasteiger partial charge in [-0.3, -0.25) is 0 Å². The van der Waals surface area contributed by atoms with E-state index >= 15 is 0 Å². The van der Waals surface area contributed by atoms with E-state index in [-0.39, 0.29) is 11.3 Å². The van der Waals surface area contributed by atoms with E-state index in [1.54, 1.807) is 4.90 Å². The molecule has 6 nitrogen and oxygen atoms in total. The number of likely N-dealkylation sites (tertiary alicyclic amines) is 1. The van der Waals surface area contributed by atoms with E-state index in [0.717, 1.165) is 18.6 Å². The summed E-state index contributed by atoms with van der Waals surface area (Å²) in [6, 6.07) is 7.09. The molecule has 1 N–H and O–H groups in total. The van der Waals surface area contributed by atoms with Crippen LogP contribution < -0.4 is 10.1 Å². The van der Waals surface area contributed by atoms with Crippen LogP contribution in [0.4, 0.5) is 10.5 Å². The fraction of sp³-hybridized carbons (Fsp3) is 0.588. The number of hydrogen-bond acceptors (Lipinski definition) is 4. The van der Waals surface area contributed by atoms with Crippen LogP contribution in [0.25, 0.3) is 0 Å². The lowest BCUT2D eigenvalue weighted by Crippen LogP contribution is -2.44. The third kappa shape index (κ3) is 5.40. The highest BCUT2D eigenvalue weighted by molar-refractivity contribution is 7.91. The molecule has 0 radical (unpaired) electrons. The van der Waals surface area contributed by atoms with Crippen molar-refractivity contribution in [1.82, 2.24) is 4.90 Å². The van der Waals surface area contributed by atoms with Gasteiger partial charge in [0.1, 0.15) is 15.6 Å². The first-order valence-corrected chi connectivity index (χ1v) is 10.3. The second kappa shape index (κ2) is 8.37. The summed E-state index contributed by atoms with van der Waals surface area (Å²) < 4.78 is 28.7. The van der Waals surface area contributed by atoms with Gasteiger partial charge in [-0.15, -0.1) is 0 Å². The molecule has 1 saturated heterocycles. The molecule has 24 heavy (non-hydrogen) atoms. The second-order valence-corrected chi connectivity index (χ2v) is 8.50. The normalized spacial score (nSPS) is 16.0. The number of carbonyl (C=O) groups is 1. The molecule has 7 heteroatoms. The van der Waals surface area contributed by atoms with Gasteiger partial charge in [-0.05, 0) is 43.5 Å². The third-order valence-corrected chi connectivity index (χ3v) is 5.89. The van der Waals surface area contributed by atoms with Crippen molar-refractivity contribution in [1.29, 1.82) is 0 Å². The van der Waals surface area contributed by atoms with Crippen LogP contribution in [0.1, 0.15) is 32.6 Å². The van der Waals surface area contributed by atoms with Crippen molar-refractivity contribution < 1.29 is 17.9 Å². The zero-order chi connectivity index (χ0) is 17.6. The number of unbranched alkanes of at least 4 members (excludes halogenated alkanes) is 1. The highest BCUT2D eigenvalue weighted by atomic mass is 32.2. The summed E-state index contributed by atoms with van der Waals surface area (Å²) in [6.07, 6.45) is 4.36. The smallest absolute Gasteiger partial charge is 0.321 e. The van der Waals surface area contributed by atoms with Gasteiger partial charge < -0.3 is 15.0 Å². The lowest BCUT2D eigenvalue weighted by Gasteiger charge is -2.31. The van der Waals surface area contributed by atoms with E-state index in [2.05, 4.69) is 12.2 Å². The standard InChI is InChI=1S/C17H26N2O4S/c1-3-4-13-23-15-7-5-14(6-8-15)18-17(20)19-11-9-16(10-12-19)24(2,21)22/h5-8,16H,3-4,9-13H2,1-2H3,(H,18,20). The van der Waals surface area contributed by atoms with Gasteiger partial charge >= 0.3 is 6.03 Å². The lowest BCUT2D eigenvalue weighted by molar-refractivity contribution is 0.200. The number of piperidine rings is 1. The molecule has 1 aliphatic rings. The number of sulfone groups is 1. The predicted molar refractivity (Wildman–Crippen MR) is 95.3 cm³/mol. The van der Waals surface area contributed by atoms with E-state index in [0.29, 0.717) is 38.2 Å². The monoisotopic (exact) mass is 354 g/mol. The molecule has 0 bridgehead atoms. The number of nitrogens with one attached hydrogen (secondary N) is 1. The fourth-order valence-electron chi connectivity index (χ4n) is 2.66. The van der Waals surface area contributed by atoms with Crippen LogP contribution in [0.15, 0.2) is 24.3 Å². The number of anilines is 1. The Bertz CT molecular complexity index is 635. The Morgan fingerprint density at radius 1 is 1.25 bits per heavy atom. The van der Waals surface area contributed by atoms with Crippen LogP contribution in [-0.4, -0.2) is 50.6 Å². The maximum absolute atomic E-state index is 12.3. The summed E-state index contributed by atoms with van der Waals surface area (Å²) in [5, 5.41) is 2.51. The molecule has 1 aromatic carbocycles. The minimum absolute atomic E-state index is 0.193. The van der Waals surface area contributed by atoms with E-state index in [1.165, 1.54) is 6.26 Å². The quantitative estimate of drug-likeness (QED) is 0.797. The zero-order valence-electron chi connectivity index (χ0n) is 14.3. The number of rotatable bonds is 6. The third-order valence-electron chi connectivity index (χ3n) is 4.21. The van der Waals surface area contributed by atoms with Gasteiger partial charge in [-0.2, -0.15) is 0 Å². The van der Waals surface area contributed by atoms with Crippen LogP contribution in [-0.2, 0) is 9.84 Å². The molecule has 1 aliphatic heterocycles. The highest BCUT2D eigenvalue weighted by Crippen LogP contribution is 2.20. The molecule has 1 heterocycles. The zero-order valence-corrected chi connectivity index (χ0v) is 15.1. The number of amides is 2. The molecule has 0 atom stereocenters. The van der Waals surface area contributed by atoms with Gasteiger partial charge in [0.2, 0.25) is 0 Å². The van der Waals surface area contributed by atoms with Gasteiger partial charge in [0.15, 0.2) is 0 Å². The molecule has 0 saturated carbocycles. The molecule has 2 rings (SSSR count). The van der Waals surface area contributed by atoms with Crippen molar-refractivity contribution >= 4 is 21.6 Å². The minimum Gasteiger partial charge on any atom is -0.494 e. The van der Waals surface area contributed by atoms with Gasteiger partial charge in [0.05, 0.1) is 11.9 Å². The first kappa shape index (κ1) is 18.6. The minimum atomic E-state index is -3.02. The van der Waals surface area contributed by atoms with E-state index in [9.17, 15) is 13.2 Å². The lowest BCUT2D eigenvalue weighted by atomic mass is 10.1. The Morgan fingerprint density at radius 3 is 2.42 bits per heavy atom. The average molecular weight is 354 g/mol. The highest BCUT2D eigenvalue weighted by Gasteiger charge is 2.28. The molecule has 134 valence electrons. The maximum atomic E-state index is 12.3. The molecule has 0 aromatic heterocycles. The SMILES string of the molecule is CCCCOc1ccc(NC(=O)N2CCC(S(C)(=O)=O)CC2)cc1. The molecule has 2 amide bonds. The maximum Gasteiger partial charge on any atom is 0.321 e. The molecular formula is C17H26N2O4S. The van der Waals surface area contributed by atoms with Gasteiger partial charge in [0.25, 0.3) is 0 Å².